The third kappa shape index (κ3) is 3.76. The zero-order valence-electron chi connectivity index (χ0n) is 18.0. The number of carbonyl (C=O) groups excluding carboxylic acids is 1. The van der Waals surface area contributed by atoms with E-state index < -0.39 is 5.97 Å². The Bertz CT molecular complexity index is 985. The number of H-pyrrole nitrogens is 1. The lowest BCUT2D eigenvalue weighted by Crippen LogP contribution is -2.47. The number of carboxylic acids is 1. The molecule has 0 unspecified atom stereocenters. The Hall–Kier alpha value is -2.60. The van der Waals surface area contributed by atoms with Gasteiger partial charge in [0.25, 0.3) is 0 Å². The molecular formula is C24H31N3O3. The molecule has 1 amide bonds. The molecule has 1 aliphatic heterocycles. The molecule has 1 saturated carbocycles. The van der Waals surface area contributed by atoms with Crippen molar-refractivity contribution in [3.63, 3.8) is 0 Å². The molecule has 2 heterocycles. The fraction of sp³-hybridized carbons (Fsp3) is 0.500. The maximum absolute atomic E-state index is 12.9. The van der Waals surface area contributed by atoms with E-state index in [0.29, 0.717) is 6.04 Å². The van der Waals surface area contributed by atoms with Gasteiger partial charge in [-0.3, -0.25) is 14.5 Å². The highest BCUT2D eigenvalue weighted by molar-refractivity contribution is 5.99. The number of amides is 1. The van der Waals surface area contributed by atoms with Gasteiger partial charge in [-0.25, -0.2) is 0 Å². The molecule has 160 valence electrons. The average molecular weight is 410 g/mol. The van der Waals surface area contributed by atoms with Crippen LogP contribution in [0.1, 0.15) is 37.8 Å². The van der Waals surface area contributed by atoms with E-state index >= 15 is 0 Å². The summed E-state index contributed by atoms with van der Waals surface area (Å²) in [6.07, 6.45) is 7.21. The van der Waals surface area contributed by atoms with Gasteiger partial charge in [-0.05, 0) is 62.9 Å². The molecule has 0 spiro atoms. The molecule has 1 aromatic heterocycles. The number of likely N-dealkylation sites (N-methyl/N-ethyl adjacent to an activating group) is 1. The minimum absolute atomic E-state index is 0.0185. The average Bonchev–Trinajstić information content (AvgIpc) is 3.52. The highest BCUT2D eigenvalue weighted by Gasteiger charge is 2.36. The van der Waals surface area contributed by atoms with E-state index in [1.54, 1.807) is 0 Å². The lowest BCUT2D eigenvalue weighted by molar-refractivity contribution is -0.138. The Morgan fingerprint density at radius 3 is 2.57 bits per heavy atom. The van der Waals surface area contributed by atoms with Crippen molar-refractivity contribution in [1.29, 1.82) is 0 Å². The van der Waals surface area contributed by atoms with E-state index in [4.69, 9.17) is 5.11 Å². The molecule has 2 aromatic rings. The quantitative estimate of drug-likeness (QED) is 0.812. The summed E-state index contributed by atoms with van der Waals surface area (Å²) in [5, 5.41) is 9.39. The van der Waals surface area contributed by atoms with Gasteiger partial charge < -0.3 is 15.0 Å². The summed E-state index contributed by atoms with van der Waals surface area (Å²) in [7, 11) is 2.15. The predicted octanol–water partition coefficient (Wildman–Crippen LogP) is 3.39. The van der Waals surface area contributed by atoms with Gasteiger partial charge in [0.05, 0.1) is 11.8 Å². The Morgan fingerprint density at radius 2 is 1.97 bits per heavy atom. The van der Waals surface area contributed by atoms with Gasteiger partial charge in [0.15, 0.2) is 0 Å². The minimum Gasteiger partial charge on any atom is -0.481 e. The number of nitrogens with one attached hydrogen (secondary N) is 1. The smallest absolute Gasteiger partial charge is 0.306 e. The van der Waals surface area contributed by atoms with E-state index in [-0.39, 0.29) is 17.7 Å². The maximum atomic E-state index is 12.9. The first-order valence-corrected chi connectivity index (χ1v) is 11.0. The van der Waals surface area contributed by atoms with Gasteiger partial charge in [0, 0.05) is 42.8 Å². The molecule has 5 rings (SSSR count). The fourth-order valence-electron chi connectivity index (χ4n) is 4.71. The number of nitrogens with zero attached hydrogens (tertiary/aromatic N) is 2. The number of aromatic amines is 1. The largest absolute Gasteiger partial charge is 0.481 e. The van der Waals surface area contributed by atoms with Crippen molar-refractivity contribution < 1.29 is 14.7 Å². The predicted molar refractivity (Wildman–Crippen MR) is 118 cm³/mol. The van der Waals surface area contributed by atoms with Crippen LogP contribution in [0.4, 0.5) is 0 Å². The van der Waals surface area contributed by atoms with E-state index in [0.717, 1.165) is 38.9 Å². The fourth-order valence-corrected chi connectivity index (χ4v) is 4.71. The molecule has 6 nitrogen and oxygen atoms in total. The lowest BCUT2D eigenvalue weighted by Gasteiger charge is -2.40. The van der Waals surface area contributed by atoms with Crippen LogP contribution in [0, 0.1) is 11.8 Å². The molecule has 0 radical (unpaired) electrons. The SMILES string of the molecule is CCN(CC)C(=O)[C@@H]1C=C2c3cccc4[nH]cc(c34)C[C@H]2N(C)C1.O=C(O)C1CC1. The number of aromatic nitrogens is 1. The first-order valence-electron chi connectivity index (χ1n) is 11.0. The Balaban J connectivity index is 0.000000313. The van der Waals surface area contributed by atoms with Crippen LogP contribution in [-0.2, 0) is 16.0 Å². The summed E-state index contributed by atoms with van der Waals surface area (Å²) in [4.78, 5) is 30.3. The zero-order chi connectivity index (χ0) is 21.4. The third-order valence-electron chi connectivity index (χ3n) is 6.59. The third-order valence-corrected chi connectivity index (χ3v) is 6.59. The van der Waals surface area contributed by atoms with Gasteiger partial charge in [0.2, 0.25) is 5.91 Å². The number of carbonyl (C=O) groups is 2. The van der Waals surface area contributed by atoms with Gasteiger partial charge in [-0.15, -0.1) is 0 Å². The molecule has 30 heavy (non-hydrogen) atoms. The number of aliphatic carboxylic acids is 1. The van der Waals surface area contributed by atoms with Crippen molar-refractivity contribution in [2.45, 2.75) is 39.2 Å². The summed E-state index contributed by atoms with van der Waals surface area (Å²) in [5.41, 5.74) is 5.21. The molecule has 0 saturated heterocycles. The van der Waals surface area contributed by atoms with Crippen LogP contribution in [0.25, 0.3) is 16.5 Å². The summed E-state index contributed by atoms with van der Waals surface area (Å²) in [6.45, 7) is 6.47. The normalized spacial score (nSPS) is 22.6. The van der Waals surface area contributed by atoms with Crippen molar-refractivity contribution in [3.05, 3.63) is 41.6 Å². The van der Waals surface area contributed by atoms with Crippen LogP contribution in [0.15, 0.2) is 30.5 Å². The molecule has 2 atom stereocenters. The monoisotopic (exact) mass is 409 g/mol. The lowest BCUT2D eigenvalue weighted by atomic mass is 9.79. The van der Waals surface area contributed by atoms with Crippen LogP contribution in [0.5, 0.6) is 0 Å². The molecule has 0 bridgehead atoms. The molecule has 6 heteroatoms. The summed E-state index contributed by atoms with van der Waals surface area (Å²) < 4.78 is 0. The van der Waals surface area contributed by atoms with Crippen molar-refractivity contribution in [2.75, 3.05) is 26.7 Å². The summed E-state index contributed by atoms with van der Waals surface area (Å²) >= 11 is 0. The maximum Gasteiger partial charge on any atom is 0.306 e. The van der Waals surface area contributed by atoms with Crippen molar-refractivity contribution in [3.8, 4) is 0 Å². The summed E-state index contributed by atoms with van der Waals surface area (Å²) in [6, 6.07) is 6.82. The Kier molecular flexibility index (Phi) is 5.69. The standard InChI is InChI=1S/C20H25N3O.C4H6O2/c1-4-23(5-2)20(24)14-9-16-15-7-6-8-17-19(15)13(11-21-17)10-18(16)22(3)12-14;5-4(6)3-1-2-3/h6-9,11,14,18,21H,4-5,10,12H2,1-3H3;3H,1-2H2,(H,5,6)/t14-,18-;/m1./s1. The van der Waals surface area contributed by atoms with E-state index in [1.165, 1.54) is 27.6 Å². The number of hydrogen-bond acceptors (Lipinski definition) is 3. The van der Waals surface area contributed by atoms with E-state index in [1.807, 2.05) is 4.90 Å². The molecular weight excluding hydrogens is 378 g/mol. The number of rotatable bonds is 4. The van der Waals surface area contributed by atoms with Gasteiger partial charge in [0.1, 0.15) is 0 Å². The van der Waals surface area contributed by atoms with Crippen molar-refractivity contribution in [2.24, 2.45) is 11.8 Å². The second kappa shape index (κ2) is 8.26. The summed E-state index contributed by atoms with van der Waals surface area (Å²) in [5.74, 6) is -0.401. The van der Waals surface area contributed by atoms with Crippen LogP contribution in [0.3, 0.4) is 0 Å². The van der Waals surface area contributed by atoms with E-state index in [9.17, 15) is 9.59 Å². The highest BCUT2D eigenvalue weighted by Crippen LogP contribution is 2.40. The van der Waals surface area contributed by atoms with Crippen LogP contribution in [0.2, 0.25) is 0 Å². The van der Waals surface area contributed by atoms with Gasteiger partial charge in [-0.1, -0.05) is 18.2 Å². The number of hydrogen-bond donors (Lipinski definition) is 2. The van der Waals surface area contributed by atoms with Crippen LogP contribution >= 0.6 is 0 Å². The molecule has 2 N–H and O–H groups in total. The Labute approximate surface area is 177 Å². The van der Waals surface area contributed by atoms with E-state index in [2.05, 4.69) is 61.3 Å². The second-order valence-electron chi connectivity index (χ2n) is 8.55. The topological polar surface area (TPSA) is 76.6 Å². The zero-order valence-corrected chi connectivity index (χ0v) is 18.0. The number of benzene rings is 1. The van der Waals surface area contributed by atoms with Crippen LogP contribution in [-0.4, -0.2) is 64.5 Å². The first-order chi connectivity index (χ1) is 14.4. The molecule has 3 aliphatic rings. The van der Waals surface area contributed by atoms with Crippen LogP contribution < -0.4 is 0 Å². The molecule has 2 aliphatic carbocycles. The Morgan fingerprint density at radius 1 is 1.23 bits per heavy atom. The first kappa shape index (κ1) is 20.7. The molecule has 1 fully saturated rings. The molecule has 1 aromatic carbocycles. The highest BCUT2D eigenvalue weighted by atomic mass is 16.4. The van der Waals surface area contributed by atoms with Crippen molar-refractivity contribution >= 4 is 28.4 Å². The van der Waals surface area contributed by atoms with Crippen molar-refractivity contribution in [1.82, 2.24) is 14.8 Å². The number of fused-ring (bicyclic) bond motifs is 2. The number of carboxylic acid groups (broad SMARTS) is 1. The second-order valence-corrected chi connectivity index (χ2v) is 8.55. The van der Waals surface area contributed by atoms with Gasteiger partial charge in [-0.2, -0.15) is 0 Å². The van der Waals surface area contributed by atoms with Gasteiger partial charge >= 0.3 is 5.97 Å². The minimum atomic E-state index is -0.630.